The average Bonchev–Trinajstić information content (AvgIpc) is 2.92. The first-order valence-electron chi connectivity index (χ1n) is 13.0. The number of aryl methyl sites for hydroxylation is 1. The standard InChI is InChI=1S/C29H33BrN4O6S/c1-4-15-31-29(36)27(17-22-9-6-5-7-10-22)32(19-23-11-8-12-24(30)16-23)28(35)20-33(41(3,39)40)26-18-25(34(37)38)14-13-21(26)2/h5-14,16,18,27H,4,15,17,19-20H2,1-3H3,(H,31,36)/t27-/m1/s1. The van der Waals surface area contributed by atoms with E-state index in [1.165, 1.54) is 17.0 Å². The largest absolute Gasteiger partial charge is 0.354 e. The van der Waals surface area contributed by atoms with Crippen molar-refractivity contribution in [2.75, 3.05) is 23.7 Å². The SMILES string of the molecule is CCCNC(=O)[C@@H](Cc1ccccc1)N(Cc1cccc(Br)c1)C(=O)CN(c1cc([N+](=O)[O-])ccc1C)S(C)(=O)=O. The molecular weight excluding hydrogens is 612 g/mol. The van der Waals surface area contributed by atoms with Crippen molar-refractivity contribution in [3.05, 3.63) is 104 Å². The van der Waals surface area contributed by atoms with Crippen molar-refractivity contribution in [2.24, 2.45) is 0 Å². The first kappa shape index (κ1) is 31.8. The number of nitrogens with zero attached hydrogens (tertiary/aromatic N) is 3. The summed E-state index contributed by atoms with van der Waals surface area (Å²) in [7, 11) is -4.05. The van der Waals surface area contributed by atoms with E-state index in [-0.39, 0.29) is 30.2 Å². The summed E-state index contributed by atoms with van der Waals surface area (Å²) in [4.78, 5) is 39.8. The van der Waals surface area contributed by atoms with E-state index in [4.69, 9.17) is 0 Å². The maximum absolute atomic E-state index is 14.1. The second kappa shape index (κ2) is 14.2. The van der Waals surface area contributed by atoms with Crippen molar-refractivity contribution in [2.45, 2.75) is 39.3 Å². The van der Waals surface area contributed by atoms with Crippen molar-refractivity contribution in [3.8, 4) is 0 Å². The summed E-state index contributed by atoms with van der Waals surface area (Å²) >= 11 is 3.44. The minimum atomic E-state index is -4.05. The normalized spacial score (nSPS) is 11.9. The Bertz CT molecular complexity index is 1500. The highest BCUT2D eigenvalue weighted by Crippen LogP contribution is 2.28. The molecule has 0 aliphatic heterocycles. The zero-order valence-electron chi connectivity index (χ0n) is 23.1. The van der Waals surface area contributed by atoms with Crippen LogP contribution in [0.1, 0.15) is 30.0 Å². The van der Waals surface area contributed by atoms with Crippen molar-refractivity contribution in [1.29, 1.82) is 0 Å². The van der Waals surface area contributed by atoms with Gasteiger partial charge in [-0.2, -0.15) is 0 Å². The van der Waals surface area contributed by atoms with Gasteiger partial charge in [-0.15, -0.1) is 0 Å². The van der Waals surface area contributed by atoms with Crippen LogP contribution in [0.2, 0.25) is 0 Å². The predicted octanol–water partition coefficient (Wildman–Crippen LogP) is 4.60. The molecule has 0 fully saturated rings. The Hall–Kier alpha value is -3.77. The van der Waals surface area contributed by atoms with Gasteiger partial charge in [-0.25, -0.2) is 8.42 Å². The quantitative estimate of drug-likeness (QED) is 0.214. The molecule has 41 heavy (non-hydrogen) atoms. The second-order valence-corrected chi connectivity index (χ2v) is 12.5. The first-order valence-corrected chi connectivity index (χ1v) is 15.6. The van der Waals surface area contributed by atoms with E-state index >= 15 is 0 Å². The summed E-state index contributed by atoms with van der Waals surface area (Å²) in [5.41, 5.74) is 1.71. The highest BCUT2D eigenvalue weighted by Gasteiger charge is 2.33. The van der Waals surface area contributed by atoms with Crippen LogP contribution in [0.5, 0.6) is 0 Å². The minimum Gasteiger partial charge on any atom is -0.354 e. The summed E-state index contributed by atoms with van der Waals surface area (Å²) in [6, 6.07) is 19.4. The number of amides is 2. The third kappa shape index (κ3) is 8.86. The lowest BCUT2D eigenvalue weighted by atomic mass is 10.0. The number of non-ortho nitro benzene ring substituents is 1. The van der Waals surface area contributed by atoms with Gasteiger partial charge >= 0.3 is 0 Å². The summed E-state index contributed by atoms with van der Waals surface area (Å²) in [5, 5.41) is 14.3. The van der Waals surface area contributed by atoms with Crippen molar-refractivity contribution in [3.63, 3.8) is 0 Å². The third-order valence-electron chi connectivity index (χ3n) is 6.41. The molecule has 0 heterocycles. The van der Waals surface area contributed by atoms with Crippen LogP contribution in [0, 0.1) is 17.0 Å². The number of nitrogens with one attached hydrogen (secondary N) is 1. The number of hydrogen-bond acceptors (Lipinski definition) is 6. The van der Waals surface area contributed by atoms with Crippen LogP contribution in [-0.2, 0) is 32.6 Å². The molecule has 3 aromatic rings. The highest BCUT2D eigenvalue weighted by atomic mass is 79.9. The fourth-order valence-corrected chi connectivity index (χ4v) is 5.67. The van der Waals surface area contributed by atoms with Crippen molar-refractivity contribution >= 4 is 49.1 Å². The number of carbonyl (C=O) groups excluding carboxylic acids is 2. The third-order valence-corrected chi connectivity index (χ3v) is 8.03. The van der Waals surface area contributed by atoms with Gasteiger partial charge in [-0.1, -0.05) is 71.4 Å². The molecule has 1 N–H and O–H groups in total. The molecule has 0 radical (unpaired) electrons. The van der Waals surface area contributed by atoms with Gasteiger partial charge in [0.2, 0.25) is 21.8 Å². The van der Waals surface area contributed by atoms with E-state index in [0.29, 0.717) is 18.5 Å². The van der Waals surface area contributed by atoms with Gasteiger partial charge in [0.05, 0.1) is 16.9 Å². The Labute approximate surface area is 248 Å². The number of halogens is 1. The molecule has 0 aliphatic carbocycles. The van der Waals surface area contributed by atoms with Crippen LogP contribution < -0.4 is 9.62 Å². The molecule has 10 nitrogen and oxygen atoms in total. The Balaban J connectivity index is 2.09. The van der Waals surface area contributed by atoms with Crippen molar-refractivity contribution in [1.82, 2.24) is 10.2 Å². The molecule has 218 valence electrons. The summed E-state index contributed by atoms with van der Waals surface area (Å²) in [5.74, 6) is -0.995. The number of anilines is 1. The number of nitro benzene ring substituents is 1. The Kier molecular flexibility index (Phi) is 11.0. The number of hydrogen-bond donors (Lipinski definition) is 1. The molecule has 0 aromatic heterocycles. The maximum atomic E-state index is 14.1. The fraction of sp³-hybridized carbons (Fsp3) is 0.310. The van der Waals surface area contributed by atoms with E-state index in [0.717, 1.165) is 32.2 Å². The van der Waals surface area contributed by atoms with Gasteiger partial charge in [0.15, 0.2) is 0 Å². The lowest BCUT2D eigenvalue weighted by Crippen LogP contribution is -2.53. The lowest BCUT2D eigenvalue weighted by Gasteiger charge is -2.33. The fourth-order valence-electron chi connectivity index (χ4n) is 4.33. The van der Waals surface area contributed by atoms with Crippen LogP contribution in [0.3, 0.4) is 0 Å². The minimum absolute atomic E-state index is 0.0208. The summed E-state index contributed by atoms with van der Waals surface area (Å²) < 4.78 is 27.6. The molecule has 0 saturated carbocycles. The molecule has 0 spiro atoms. The van der Waals surface area contributed by atoms with Gasteiger partial charge in [0.25, 0.3) is 5.69 Å². The summed E-state index contributed by atoms with van der Waals surface area (Å²) in [6.45, 7) is 3.31. The Morgan fingerprint density at radius 2 is 1.71 bits per heavy atom. The molecular formula is C29H33BrN4O6S. The number of carbonyl (C=O) groups is 2. The van der Waals surface area contributed by atoms with Crippen molar-refractivity contribution < 1.29 is 22.9 Å². The van der Waals surface area contributed by atoms with E-state index in [2.05, 4.69) is 21.2 Å². The lowest BCUT2D eigenvalue weighted by molar-refractivity contribution is -0.384. The molecule has 0 saturated heterocycles. The first-order chi connectivity index (χ1) is 19.4. The van der Waals surface area contributed by atoms with E-state index in [1.807, 2.05) is 55.5 Å². The number of nitro groups is 1. The molecule has 12 heteroatoms. The molecule has 0 unspecified atom stereocenters. The van der Waals surface area contributed by atoms with Gasteiger partial charge in [-0.3, -0.25) is 24.0 Å². The molecule has 3 rings (SSSR count). The highest BCUT2D eigenvalue weighted by molar-refractivity contribution is 9.10. The zero-order chi connectivity index (χ0) is 30.2. The van der Waals surface area contributed by atoms with E-state index in [1.54, 1.807) is 13.0 Å². The molecule has 2 amide bonds. The molecule has 0 aliphatic rings. The molecule has 0 bridgehead atoms. The second-order valence-electron chi connectivity index (χ2n) is 9.65. The van der Waals surface area contributed by atoms with E-state index < -0.39 is 33.4 Å². The Morgan fingerprint density at radius 1 is 1.02 bits per heavy atom. The van der Waals surface area contributed by atoms with Crippen LogP contribution in [0.4, 0.5) is 11.4 Å². The van der Waals surface area contributed by atoms with Crippen LogP contribution >= 0.6 is 15.9 Å². The maximum Gasteiger partial charge on any atom is 0.271 e. The predicted molar refractivity (Wildman–Crippen MR) is 162 cm³/mol. The van der Waals surface area contributed by atoms with Crippen LogP contribution in [-0.4, -0.2) is 55.4 Å². The van der Waals surface area contributed by atoms with Crippen LogP contribution in [0.15, 0.2) is 77.3 Å². The van der Waals surface area contributed by atoms with Crippen LogP contribution in [0.25, 0.3) is 0 Å². The Morgan fingerprint density at radius 3 is 2.32 bits per heavy atom. The topological polar surface area (TPSA) is 130 Å². The zero-order valence-corrected chi connectivity index (χ0v) is 25.5. The molecule has 1 atom stereocenters. The molecule has 3 aromatic carbocycles. The number of benzene rings is 3. The number of rotatable bonds is 13. The smallest absolute Gasteiger partial charge is 0.271 e. The van der Waals surface area contributed by atoms with E-state index in [9.17, 15) is 28.1 Å². The average molecular weight is 646 g/mol. The monoisotopic (exact) mass is 644 g/mol. The van der Waals surface area contributed by atoms with Gasteiger partial charge in [0.1, 0.15) is 12.6 Å². The van der Waals surface area contributed by atoms with Gasteiger partial charge < -0.3 is 10.2 Å². The van der Waals surface area contributed by atoms with Gasteiger partial charge in [0, 0.05) is 36.1 Å². The van der Waals surface area contributed by atoms with Gasteiger partial charge in [-0.05, 0) is 42.2 Å². The number of sulfonamides is 1. The summed E-state index contributed by atoms with van der Waals surface area (Å²) in [6.07, 6.45) is 1.83.